The highest BCUT2D eigenvalue weighted by Gasteiger charge is 2.49. The van der Waals surface area contributed by atoms with E-state index in [0.29, 0.717) is 55.1 Å². The molecule has 1 aliphatic heterocycles. The van der Waals surface area contributed by atoms with E-state index in [4.69, 9.17) is 27.9 Å². The van der Waals surface area contributed by atoms with Crippen LogP contribution in [-0.2, 0) is 15.3 Å². The summed E-state index contributed by atoms with van der Waals surface area (Å²) in [5, 5.41) is 21.6. The Hall–Kier alpha value is -3.90. The number of halogens is 2. The molecule has 1 aliphatic rings. The van der Waals surface area contributed by atoms with E-state index in [1.54, 1.807) is 66.1 Å². The second-order valence-corrected chi connectivity index (χ2v) is 12.5. The van der Waals surface area contributed by atoms with E-state index in [1.165, 1.54) is 28.0 Å². The van der Waals surface area contributed by atoms with Crippen LogP contribution in [0.4, 0.5) is 5.13 Å². The summed E-state index contributed by atoms with van der Waals surface area (Å²) >= 11 is 14.9. The third kappa shape index (κ3) is 5.49. The maximum absolute atomic E-state index is 13.7. The van der Waals surface area contributed by atoms with E-state index in [9.17, 15) is 14.7 Å². The minimum atomic E-state index is -0.995. The van der Waals surface area contributed by atoms with Gasteiger partial charge in [-0.3, -0.25) is 18.9 Å². The first-order chi connectivity index (χ1) is 20.8. The van der Waals surface area contributed by atoms with E-state index in [-0.39, 0.29) is 16.5 Å². The van der Waals surface area contributed by atoms with Crippen LogP contribution in [0.1, 0.15) is 35.5 Å². The number of rotatable bonds is 8. The van der Waals surface area contributed by atoms with Gasteiger partial charge in [-0.05, 0) is 61.4 Å². The maximum atomic E-state index is 13.7. The van der Waals surface area contributed by atoms with Gasteiger partial charge >= 0.3 is 5.91 Å². The van der Waals surface area contributed by atoms with Crippen LogP contribution in [0.3, 0.4) is 0 Å². The zero-order valence-corrected chi connectivity index (χ0v) is 26.0. The Labute approximate surface area is 264 Å². The average Bonchev–Trinajstić information content (AvgIpc) is 3.66. The molecule has 6 rings (SSSR count). The van der Waals surface area contributed by atoms with Crippen LogP contribution in [0, 0.1) is 6.92 Å². The van der Waals surface area contributed by atoms with E-state index in [2.05, 4.69) is 15.2 Å². The molecule has 0 bridgehead atoms. The Morgan fingerprint density at radius 3 is 2.72 bits per heavy atom. The molecule has 1 N–H and O–H groups in total. The number of imidazole rings is 1. The van der Waals surface area contributed by atoms with Crippen molar-refractivity contribution in [1.29, 1.82) is 0 Å². The Balaban J connectivity index is 1.44. The molecule has 2 aromatic carbocycles. The van der Waals surface area contributed by atoms with Crippen molar-refractivity contribution in [1.82, 2.24) is 19.6 Å². The summed E-state index contributed by atoms with van der Waals surface area (Å²) in [5.74, 6) is -0.942. The number of aryl methyl sites for hydroxylation is 1. The minimum Gasteiger partial charge on any atom is -0.505 e. The number of aliphatic hydroxyl groups excluding tert-OH is 1. The molecule has 3 aromatic heterocycles. The predicted molar refractivity (Wildman–Crippen MR) is 168 cm³/mol. The zero-order chi connectivity index (χ0) is 30.2. The lowest BCUT2D eigenvalue weighted by Crippen LogP contribution is -2.29. The molecule has 0 saturated carbocycles. The van der Waals surface area contributed by atoms with Gasteiger partial charge in [-0.2, -0.15) is 0 Å². The van der Waals surface area contributed by atoms with Crippen LogP contribution >= 0.6 is 46.3 Å². The molecule has 0 spiro atoms. The molecule has 9 nitrogen and oxygen atoms in total. The molecule has 5 aromatic rings. The van der Waals surface area contributed by atoms with Gasteiger partial charge in [-0.25, -0.2) is 4.98 Å². The lowest BCUT2D eigenvalue weighted by molar-refractivity contribution is -0.132. The third-order valence-electron chi connectivity index (χ3n) is 6.83. The van der Waals surface area contributed by atoms with Crippen LogP contribution in [0.2, 0.25) is 10.0 Å². The van der Waals surface area contributed by atoms with Crippen molar-refractivity contribution in [3.05, 3.63) is 105 Å². The largest absolute Gasteiger partial charge is 0.505 e. The van der Waals surface area contributed by atoms with Gasteiger partial charge in [0.15, 0.2) is 10.1 Å². The number of carbonyl (C=O) groups is 2. The Kier molecular flexibility index (Phi) is 8.15. The molecule has 1 atom stereocenters. The number of nitrogens with zero attached hydrogens (tertiary/aromatic N) is 5. The minimum absolute atomic E-state index is 0.0789. The number of Topliss-reactive ketones (excluding diaryl/α,β-unsaturated/α-hetero) is 1. The van der Waals surface area contributed by atoms with Crippen LogP contribution in [-0.4, -0.2) is 43.0 Å². The number of fused-ring (bicyclic) bond motifs is 1. The van der Waals surface area contributed by atoms with Gasteiger partial charge in [-0.1, -0.05) is 70.6 Å². The van der Waals surface area contributed by atoms with Crippen molar-refractivity contribution in [2.45, 2.75) is 30.0 Å². The van der Waals surface area contributed by atoms with Crippen LogP contribution < -0.4 is 9.64 Å². The normalized spacial score (nSPS) is 16.4. The summed E-state index contributed by atoms with van der Waals surface area (Å²) in [4.78, 5) is 33.2. The Morgan fingerprint density at radius 2 is 1.93 bits per heavy atom. The van der Waals surface area contributed by atoms with Gasteiger partial charge in [0.2, 0.25) is 5.13 Å². The smallest absolute Gasteiger partial charge is 0.301 e. The number of ether oxygens (including phenoxy) is 1. The summed E-state index contributed by atoms with van der Waals surface area (Å²) in [6.07, 6.45) is 1.74. The lowest BCUT2D eigenvalue weighted by atomic mass is 9.96. The number of hydrogen-bond donors (Lipinski definition) is 1. The Bertz CT molecular complexity index is 1920. The third-order valence-corrected chi connectivity index (χ3v) is 9.52. The molecule has 1 unspecified atom stereocenters. The monoisotopic (exact) mass is 651 g/mol. The predicted octanol–water partition coefficient (Wildman–Crippen LogP) is 7.12. The molecular formula is C30H23Cl2N5O4S2. The first-order valence-electron chi connectivity index (χ1n) is 13.1. The second-order valence-electron chi connectivity index (χ2n) is 9.52. The summed E-state index contributed by atoms with van der Waals surface area (Å²) in [7, 11) is 0. The highest BCUT2D eigenvalue weighted by Crippen LogP contribution is 2.45. The molecule has 0 radical (unpaired) electrons. The first-order valence-corrected chi connectivity index (χ1v) is 15.7. The Morgan fingerprint density at radius 1 is 1.09 bits per heavy atom. The van der Waals surface area contributed by atoms with Gasteiger partial charge in [0.1, 0.15) is 17.1 Å². The van der Waals surface area contributed by atoms with E-state index in [1.807, 2.05) is 19.1 Å². The van der Waals surface area contributed by atoms with Gasteiger partial charge in [0, 0.05) is 22.0 Å². The number of hydrogen-bond acceptors (Lipinski definition) is 9. The second kappa shape index (κ2) is 12.0. The summed E-state index contributed by atoms with van der Waals surface area (Å²) < 4.78 is 7.97. The fourth-order valence-electron chi connectivity index (χ4n) is 4.95. The van der Waals surface area contributed by atoms with Crippen molar-refractivity contribution in [3.8, 4) is 5.75 Å². The van der Waals surface area contributed by atoms with Crippen molar-refractivity contribution in [3.63, 3.8) is 0 Å². The molecule has 1 saturated heterocycles. The lowest BCUT2D eigenvalue weighted by Gasteiger charge is -2.23. The van der Waals surface area contributed by atoms with Crippen LogP contribution in [0.25, 0.3) is 11.4 Å². The number of thioether (sulfide) groups is 1. The number of benzene rings is 2. The number of aromatic nitrogens is 4. The van der Waals surface area contributed by atoms with Crippen LogP contribution in [0.15, 0.2) is 76.8 Å². The van der Waals surface area contributed by atoms with Gasteiger partial charge in [-0.15, -0.1) is 10.2 Å². The zero-order valence-electron chi connectivity index (χ0n) is 22.8. The van der Waals surface area contributed by atoms with Crippen molar-refractivity contribution in [2.75, 3.05) is 11.5 Å². The molecule has 218 valence electrons. The fourth-order valence-corrected chi connectivity index (χ4v) is 7.38. The first kappa shape index (κ1) is 29.2. The summed E-state index contributed by atoms with van der Waals surface area (Å²) in [6.45, 7) is 4.03. The standard InChI is InChI=1S/C30H23Cl2N5O4S2/c1-3-41-20-8-6-7-17(13-20)25-23(26(38)24-16(2)33-22-9-4-5-12-36(22)24)27(39)28(40)37(25)29-34-35-30(43-29)42-15-18-10-11-19(31)14-21(18)32/h4-14,25,38H,3,15H2,1-2H3. The molecule has 1 amide bonds. The topological polar surface area (TPSA) is 110 Å². The van der Waals surface area contributed by atoms with E-state index in [0.717, 1.165) is 5.56 Å². The number of ketones is 1. The van der Waals surface area contributed by atoms with Gasteiger partial charge in [0.25, 0.3) is 5.78 Å². The quantitative estimate of drug-likeness (QED) is 0.0621. The van der Waals surface area contributed by atoms with E-state index < -0.39 is 17.7 Å². The number of carbonyl (C=O) groups excluding carboxylic acids is 2. The summed E-state index contributed by atoms with van der Waals surface area (Å²) in [5.41, 5.74) is 2.78. The summed E-state index contributed by atoms with van der Waals surface area (Å²) in [6, 6.07) is 16.8. The van der Waals surface area contributed by atoms with Crippen molar-refractivity contribution >= 4 is 74.5 Å². The molecule has 13 heteroatoms. The average molecular weight is 653 g/mol. The van der Waals surface area contributed by atoms with Crippen LogP contribution in [0.5, 0.6) is 5.75 Å². The van der Waals surface area contributed by atoms with Gasteiger partial charge < -0.3 is 9.84 Å². The molecular weight excluding hydrogens is 629 g/mol. The van der Waals surface area contributed by atoms with E-state index >= 15 is 0 Å². The van der Waals surface area contributed by atoms with Gasteiger partial charge in [0.05, 0.1) is 23.9 Å². The number of anilines is 1. The highest BCUT2D eigenvalue weighted by atomic mass is 35.5. The SMILES string of the molecule is CCOc1cccc(C2C(=C(O)c3c(C)nc4ccccn34)C(=O)C(=O)N2c2nnc(SCc3ccc(Cl)cc3Cl)s2)c1. The molecule has 4 heterocycles. The number of aliphatic hydroxyl groups is 1. The number of amides is 1. The van der Waals surface area contributed by atoms with Crippen molar-refractivity contribution < 1.29 is 19.4 Å². The molecule has 43 heavy (non-hydrogen) atoms. The molecule has 1 fully saturated rings. The number of pyridine rings is 1. The maximum Gasteiger partial charge on any atom is 0.301 e. The van der Waals surface area contributed by atoms with Crippen molar-refractivity contribution in [2.24, 2.45) is 0 Å². The highest BCUT2D eigenvalue weighted by molar-refractivity contribution is 8.00. The molecule has 0 aliphatic carbocycles. The fraction of sp³-hybridized carbons (Fsp3) is 0.167.